The predicted octanol–water partition coefficient (Wildman–Crippen LogP) is 1.97. The molecule has 0 heterocycles. The zero-order chi connectivity index (χ0) is 8.04. The van der Waals surface area contributed by atoms with E-state index in [0.29, 0.717) is 6.61 Å². The van der Waals surface area contributed by atoms with Gasteiger partial charge in [0.05, 0.1) is 0 Å². The quantitative estimate of drug-likeness (QED) is 0.343. The predicted molar refractivity (Wildman–Crippen MR) is 47.8 cm³/mol. The molecule has 0 atom stereocenters. The fourth-order valence-corrected chi connectivity index (χ4v) is 1.27. The van der Waals surface area contributed by atoms with E-state index in [9.17, 15) is 0 Å². The Morgan fingerprint density at radius 2 is 2.00 bits per heavy atom. The van der Waals surface area contributed by atoms with Crippen molar-refractivity contribution in [3.63, 3.8) is 0 Å². The Bertz CT molecular complexity index is 118. The highest BCUT2D eigenvalue weighted by Crippen LogP contribution is 2.06. The molecule has 0 aromatic heterocycles. The van der Waals surface area contributed by atoms with Crippen LogP contribution >= 0.6 is 0 Å². The summed E-state index contributed by atoms with van der Waals surface area (Å²) in [5, 5.41) is 0. The maximum Gasteiger partial charge on any atom is 0.107 e. The van der Waals surface area contributed by atoms with E-state index in [4.69, 9.17) is 11.2 Å². The van der Waals surface area contributed by atoms with Crippen LogP contribution in [0.15, 0.2) is 0 Å². The summed E-state index contributed by atoms with van der Waals surface area (Å²) >= 11 is 0. The molecule has 0 aromatic carbocycles. The zero-order valence-electron chi connectivity index (χ0n) is 7.11. The van der Waals surface area contributed by atoms with E-state index in [0.717, 1.165) is 6.61 Å². The Hall–Kier alpha value is -0.263. The molecular weight excluding hydrogens is 140 g/mol. The van der Waals surface area contributed by atoms with Gasteiger partial charge in [-0.05, 0) is 6.04 Å². The van der Waals surface area contributed by atoms with Gasteiger partial charge in [0.15, 0.2) is 0 Å². The highest BCUT2D eigenvalue weighted by atomic mass is 28.3. The normalized spacial score (nSPS) is 11.0. The van der Waals surface area contributed by atoms with Gasteiger partial charge in [-0.2, -0.15) is 0 Å². The van der Waals surface area contributed by atoms with Gasteiger partial charge >= 0.3 is 0 Å². The standard InChI is InChI=1S/C8H16OSi/c1-5-6-9-7-8-10(2,3)4/h1H,6-8H2,2-4H3. The molecule has 0 bridgehead atoms. The van der Waals surface area contributed by atoms with Crippen molar-refractivity contribution in [3.05, 3.63) is 0 Å². The maximum absolute atomic E-state index is 5.16. The summed E-state index contributed by atoms with van der Waals surface area (Å²) in [6.45, 7) is 8.27. The van der Waals surface area contributed by atoms with Crippen molar-refractivity contribution < 1.29 is 4.74 Å². The van der Waals surface area contributed by atoms with E-state index < -0.39 is 8.07 Å². The zero-order valence-corrected chi connectivity index (χ0v) is 8.11. The van der Waals surface area contributed by atoms with Crippen LogP contribution in [0.2, 0.25) is 25.7 Å². The first-order valence-corrected chi connectivity index (χ1v) is 7.28. The summed E-state index contributed by atoms with van der Waals surface area (Å²) in [5.74, 6) is 2.45. The van der Waals surface area contributed by atoms with Crippen molar-refractivity contribution >= 4 is 8.07 Å². The molecule has 2 heteroatoms. The third-order valence-corrected chi connectivity index (χ3v) is 2.89. The highest BCUT2D eigenvalue weighted by molar-refractivity contribution is 6.76. The van der Waals surface area contributed by atoms with Crippen molar-refractivity contribution in [3.8, 4) is 12.3 Å². The summed E-state index contributed by atoms with van der Waals surface area (Å²) in [4.78, 5) is 0. The first-order valence-electron chi connectivity index (χ1n) is 3.57. The van der Waals surface area contributed by atoms with E-state index in [1.54, 1.807) is 0 Å². The molecule has 0 fully saturated rings. The number of hydrogen-bond acceptors (Lipinski definition) is 1. The smallest absolute Gasteiger partial charge is 0.107 e. The van der Waals surface area contributed by atoms with Crippen molar-refractivity contribution in [2.75, 3.05) is 13.2 Å². The minimum atomic E-state index is -0.901. The molecule has 0 aromatic rings. The molecule has 0 amide bonds. The molecule has 0 N–H and O–H groups in total. The van der Waals surface area contributed by atoms with E-state index >= 15 is 0 Å². The van der Waals surface area contributed by atoms with Gasteiger partial charge in [-0.15, -0.1) is 6.42 Å². The second-order valence-electron chi connectivity index (χ2n) is 3.57. The molecule has 0 unspecified atom stereocenters. The van der Waals surface area contributed by atoms with E-state index in [-0.39, 0.29) is 0 Å². The van der Waals surface area contributed by atoms with Crippen LogP contribution in [-0.2, 0) is 4.74 Å². The Morgan fingerprint density at radius 1 is 1.40 bits per heavy atom. The van der Waals surface area contributed by atoms with E-state index in [2.05, 4.69) is 25.6 Å². The largest absolute Gasteiger partial charge is 0.369 e. The van der Waals surface area contributed by atoms with Crippen molar-refractivity contribution in [1.29, 1.82) is 0 Å². The first kappa shape index (κ1) is 9.74. The summed E-state index contributed by atoms with van der Waals surface area (Å²) < 4.78 is 5.16. The Balaban J connectivity index is 3.14. The topological polar surface area (TPSA) is 9.23 Å². The molecule has 0 aliphatic heterocycles. The third kappa shape index (κ3) is 7.74. The summed E-state index contributed by atoms with van der Waals surface area (Å²) in [6.07, 6.45) is 5.01. The Labute approximate surface area is 64.8 Å². The van der Waals surface area contributed by atoms with Crippen molar-refractivity contribution in [1.82, 2.24) is 0 Å². The minimum absolute atomic E-state index is 0.463. The Morgan fingerprint density at radius 3 is 2.40 bits per heavy atom. The summed E-state index contributed by atoms with van der Waals surface area (Å²) in [5.41, 5.74) is 0. The maximum atomic E-state index is 5.16. The van der Waals surface area contributed by atoms with Crippen molar-refractivity contribution in [2.24, 2.45) is 0 Å². The van der Waals surface area contributed by atoms with E-state index in [1.807, 2.05) is 0 Å². The molecule has 0 rings (SSSR count). The molecule has 10 heavy (non-hydrogen) atoms. The molecule has 0 radical (unpaired) electrons. The molecular formula is C8H16OSi. The third-order valence-electron chi connectivity index (χ3n) is 1.18. The molecule has 0 saturated heterocycles. The molecule has 0 spiro atoms. The second kappa shape index (κ2) is 4.54. The van der Waals surface area contributed by atoms with Crippen LogP contribution in [0, 0.1) is 12.3 Å². The van der Waals surface area contributed by atoms with Crippen LogP contribution in [0.4, 0.5) is 0 Å². The highest BCUT2D eigenvalue weighted by Gasteiger charge is 2.11. The van der Waals surface area contributed by atoms with Crippen LogP contribution in [0.5, 0.6) is 0 Å². The summed E-state index contributed by atoms with van der Waals surface area (Å²) in [7, 11) is -0.901. The van der Waals surface area contributed by atoms with Gasteiger partial charge in [0, 0.05) is 14.7 Å². The lowest BCUT2D eigenvalue weighted by Crippen LogP contribution is -2.21. The number of hydrogen-bond donors (Lipinski definition) is 0. The van der Waals surface area contributed by atoms with Crippen LogP contribution in [0.3, 0.4) is 0 Å². The molecule has 0 aliphatic rings. The second-order valence-corrected chi connectivity index (χ2v) is 9.19. The van der Waals surface area contributed by atoms with Gasteiger partial charge in [-0.3, -0.25) is 0 Å². The number of ether oxygens (including phenoxy) is 1. The molecule has 0 aliphatic carbocycles. The number of terminal acetylenes is 1. The molecule has 1 nitrogen and oxygen atoms in total. The fraction of sp³-hybridized carbons (Fsp3) is 0.750. The minimum Gasteiger partial charge on any atom is -0.369 e. The Kier molecular flexibility index (Phi) is 4.42. The monoisotopic (exact) mass is 156 g/mol. The SMILES string of the molecule is C#CCOCC[Si](C)(C)C. The number of rotatable bonds is 4. The fourth-order valence-electron chi connectivity index (χ4n) is 0.509. The molecule has 0 saturated carbocycles. The first-order chi connectivity index (χ1) is 4.56. The lowest BCUT2D eigenvalue weighted by molar-refractivity contribution is 0.181. The van der Waals surface area contributed by atoms with E-state index in [1.165, 1.54) is 6.04 Å². The van der Waals surface area contributed by atoms with Crippen LogP contribution in [-0.4, -0.2) is 21.3 Å². The van der Waals surface area contributed by atoms with Gasteiger partial charge < -0.3 is 4.74 Å². The van der Waals surface area contributed by atoms with Gasteiger partial charge in [-0.1, -0.05) is 25.6 Å². The van der Waals surface area contributed by atoms with Gasteiger partial charge in [0.25, 0.3) is 0 Å². The lowest BCUT2D eigenvalue weighted by Gasteiger charge is -2.14. The average molecular weight is 156 g/mol. The molecule has 58 valence electrons. The summed E-state index contributed by atoms with van der Waals surface area (Å²) in [6, 6.07) is 1.20. The van der Waals surface area contributed by atoms with Gasteiger partial charge in [0.2, 0.25) is 0 Å². The van der Waals surface area contributed by atoms with Gasteiger partial charge in [0.1, 0.15) is 6.61 Å². The van der Waals surface area contributed by atoms with Gasteiger partial charge in [-0.25, -0.2) is 0 Å². The lowest BCUT2D eigenvalue weighted by atomic mass is 10.7. The van der Waals surface area contributed by atoms with Crippen molar-refractivity contribution in [2.45, 2.75) is 25.7 Å². The van der Waals surface area contributed by atoms with Crippen LogP contribution < -0.4 is 0 Å². The van der Waals surface area contributed by atoms with Crippen LogP contribution in [0.1, 0.15) is 0 Å². The van der Waals surface area contributed by atoms with Crippen LogP contribution in [0.25, 0.3) is 0 Å². The average Bonchev–Trinajstić information content (AvgIpc) is 1.78.